The predicted molar refractivity (Wildman–Crippen MR) is 322 cm³/mol. The van der Waals surface area contributed by atoms with E-state index in [1.165, 1.54) is 5.56 Å². The Hall–Kier alpha value is -10.6. The van der Waals surface area contributed by atoms with Crippen LogP contribution in [-0.2, 0) is 0 Å². The number of rotatable bonds is 7. The molecule has 0 saturated heterocycles. The average Bonchev–Trinajstić information content (AvgIpc) is 4.45. The maximum atomic E-state index is 6.92. The van der Waals surface area contributed by atoms with Gasteiger partial charge in [-0.3, -0.25) is 0 Å². The number of nitrogens with zero attached hydrogens (tertiary/aromatic N) is 3. The molecule has 0 atom stereocenters. The molecule has 0 spiro atoms. The molecule has 16 aromatic rings. The Labute approximate surface area is 447 Å². The fourth-order valence-corrected chi connectivity index (χ4v) is 12.7. The van der Waals surface area contributed by atoms with E-state index in [0.717, 1.165) is 155 Å². The van der Waals surface area contributed by atoms with Crippen LogP contribution in [0.3, 0.4) is 0 Å². The molecule has 0 fully saturated rings. The second-order valence-electron chi connectivity index (χ2n) is 20.3. The van der Waals surface area contributed by atoms with Crippen LogP contribution in [-0.4, -0.2) is 4.57 Å². The van der Waals surface area contributed by atoms with Crippen molar-refractivity contribution in [1.82, 2.24) is 4.57 Å². The Kier molecular flexibility index (Phi) is 9.03. The quantitative estimate of drug-likeness (QED) is 0.159. The number of aromatic nitrogens is 1. The number of hydrogen-bond donors (Lipinski definition) is 0. The number of furan rings is 3. The smallest absolute Gasteiger partial charge is 0.159 e. The molecule has 6 heteroatoms. The maximum Gasteiger partial charge on any atom is 0.159 e. The summed E-state index contributed by atoms with van der Waals surface area (Å²) in [7, 11) is 0. The van der Waals surface area contributed by atoms with Gasteiger partial charge in [0.25, 0.3) is 0 Å². The third-order valence-electron chi connectivity index (χ3n) is 16.1. The van der Waals surface area contributed by atoms with E-state index in [1.807, 2.05) is 24.3 Å². The highest BCUT2D eigenvalue weighted by molar-refractivity contribution is 6.22. The third-order valence-corrected chi connectivity index (χ3v) is 16.1. The third kappa shape index (κ3) is 6.19. The van der Waals surface area contributed by atoms with Gasteiger partial charge >= 0.3 is 0 Å². The SMILES string of the molecule is c1ccc(-c2ccc(N(c3cccc(N(c4ccc5c(c4)c4cccc6c4n5-c4ccccc4-c4ccc5c(oc7ccccc75)c4-6)c4cccc5c4oc4ccccc45)c3)c3cccc4c3oc3ccccc34)cc2)cc1. The minimum Gasteiger partial charge on any atom is -0.455 e. The summed E-state index contributed by atoms with van der Waals surface area (Å²) in [4.78, 5) is 4.69. The molecule has 1 aliphatic rings. The molecule has 0 bridgehead atoms. The Balaban J connectivity index is 0.908. The van der Waals surface area contributed by atoms with E-state index in [-0.39, 0.29) is 0 Å². The molecule has 78 heavy (non-hydrogen) atoms. The van der Waals surface area contributed by atoms with Gasteiger partial charge in [0.05, 0.1) is 28.1 Å². The molecular weight excluding hydrogens is 955 g/mol. The molecular formula is C72H43N3O3. The fourth-order valence-electron chi connectivity index (χ4n) is 12.7. The van der Waals surface area contributed by atoms with Gasteiger partial charge in [-0.2, -0.15) is 0 Å². The van der Waals surface area contributed by atoms with E-state index in [1.54, 1.807) is 0 Å². The maximum absolute atomic E-state index is 6.92. The van der Waals surface area contributed by atoms with Crippen LogP contribution in [0.15, 0.2) is 274 Å². The first-order valence-electron chi connectivity index (χ1n) is 26.5. The highest BCUT2D eigenvalue weighted by Crippen LogP contribution is 2.52. The zero-order valence-corrected chi connectivity index (χ0v) is 41.9. The van der Waals surface area contributed by atoms with E-state index in [0.29, 0.717) is 0 Å². The monoisotopic (exact) mass is 997 g/mol. The van der Waals surface area contributed by atoms with Crippen molar-refractivity contribution in [1.29, 1.82) is 0 Å². The number of hydrogen-bond acceptors (Lipinski definition) is 5. The van der Waals surface area contributed by atoms with E-state index in [2.05, 4.69) is 251 Å². The van der Waals surface area contributed by atoms with E-state index >= 15 is 0 Å². The molecule has 1 aliphatic heterocycles. The Morgan fingerprint density at radius 1 is 0.282 bits per heavy atom. The fraction of sp³-hybridized carbons (Fsp3) is 0. The number of anilines is 6. The van der Waals surface area contributed by atoms with E-state index in [4.69, 9.17) is 13.3 Å². The van der Waals surface area contributed by atoms with Crippen LogP contribution in [0.2, 0.25) is 0 Å². The van der Waals surface area contributed by atoms with Crippen molar-refractivity contribution in [2.24, 2.45) is 0 Å². The zero-order valence-electron chi connectivity index (χ0n) is 41.9. The largest absolute Gasteiger partial charge is 0.455 e. The van der Waals surface area contributed by atoms with E-state index in [9.17, 15) is 0 Å². The lowest BCUT2D eigenvalue weighted by Gasteiger charge is -2.29. The lowest BCUT2D eigenvalue weighted by Crippen LogP contribution is -2.13. The van der Waals surface area contributed by atoms with Crippen LogP contribution >= 0.6 is 0 Å². The number of fused-ring (bicyclic) bond motifs is 18. The summed E-state index contributed by atoms with van der Waals surface area (Å²) in [5.41, 5.74) is 21.1. The van der Waals surface area contributed by atoms with Crippen LogP contribution in [0, 0.1) is 0 Å². The zero-order chi connectivity index (χ0) is 51.0. The molecule has 5 heterocycles. The molecule has 0 N–H and O–H groups in total. The Morgan fingerprint density at radius 3 is 1.45 bits per heavy atom. The molecule has 12 aromatic carbocycles. The first kappa shape index (κ1) is 42.8. The highest BCUT2D eigenvalue weighted by Gasteiger charge is 2.29. The number of para-hydroxylation sites is 7. The summed E-state index contributed by atoms with van der Waals surface area (Å²) in [5, 5.41) is 8.78. The van der Waals surface area contributed by atoms with Crippen LogP contribution in [0.5, 0.6) is 0 Å². The predicted octanol–water partition coefficient (Wildman–Crippen LogP) is 20.7. The summed E-state index contributed by atoms with van der Waals surface area (Å²) in [6, 6.07) is 93.2. The van der Waals surface area contributed by atoms with Crippen molar-refractivity contribution in [3.8, 4) is 39.1 Å². The molecule has 0 amide bonds. The van der Waals surface area contributed by atoms with Crippen LogP contribution in [0.25, 0.3) is 127 Å². The molecule has 364 valence electrons. The second-order valence-corrected chi connectivity index (χ2v) is 20.3. The lowest BCUT2D eigenvalue weighted by molar-refractivity contribution is 0.669. The topological polar surface area (TPSA) is 50.8 Å². The van der Waals surface area contributed by atoms with Crippen molar-refractivity contribution in [3.63, 3.8) is 0 Å². The molecule has 4 aromatic heterocycles. The van der Waals surface area contributed by atoms with Crippen LogP contribution < -0.4 is 9.80 Å². The van der Waals surface area contributed by atoms with Crippen LogP contribution in [0.4, 0.5) is 34.1 Å². The lowest BCUT2D eigenvalue weighted by atomic mass is 9.91. The van der Waals surface area contributed by atoms with Gasteiger partial charge in [-0.05, 0) is 108 Å². The van der Waals surface area contributed by atoms with Crippen molar-refractivity contribution in [2.45, 2.75) is 0 Å². The van der Waals surface area contributed by atoms with Crippen molar-refractivity contribution >= 4 is 122 Å². The molecule has 6 nitrogen and oxygen atoms in total. The Bertz CT molecular complexity index is 5120. The molecule has 0 saturated carbocycles. The molecule has 0 radical (unpaired) electrons. The minimum atomic E-state index is 0.809. The first-order valence-corrected chi connectivity index (χ1v) is 26.5. The van der Waals surface area contributed by atoms with Gasteiger partial charge < -0.3 is 27.6 Å². The normalized spacial score (nSPS) is 12.1. The van der Waals surface area contributed by atoms with Crippen molar-refractivity contribution < 1.29 is 13.3 Å². The van der Waals surface area contributed by atoms with Gasteiger partial charge in [-0.15, -0.1) is 0 Å². The molecule has 0 aliphatic carbocycles. The van der Waals surface area contributed by atoms with Gasteiger partial charge in [0.1, 0.15) is 22.3 Å². The summed E-state index contributed by atoms with van der Waals surface area (Å²) in [5.74, 6) is 0. The standard InChI is InChI=1S/C72H43N3O3/c1-2-16-44(17-3-1)45-34-36-46(37-35-45)73(63-29-14-25-56-51-21-5-9-31-65(51)76-70(56)63)47-18-12-19-48(42-47)74(64-30-15-26-57-52-22-6-10-32-66(52)77-71(57)64)49-38-41-62-60(43-49)55-24-13-27-59-68-54(50-20-4-8-28-61(50)75(62)69(55)59)39-40-58-53-23-7-11-33-67(53)78-72(58)68/h1-43H. The molecule has 0 unspecified atom stereocenters. The van der Waals surface area contributed by atoms with Gasteiger partial charge in [-0.25, -0.2) is 0 Å². The van der Waals surface area contributed by atoms with E-state index < -0.39 is 0 Å². The minimum absolute atomic E-state index is 0.809. The summed E-state index contributed by atoms with van der Waals surface area (Å²) in [6.45, 7) is 0. The van der Waals surface area contributed by atoms with Crippen molar-refractivity contribution in [2.75, 3.05) is 9.80 Å². The second kappa shape index (κ2) is 16.5. The van der Waals surface area contributed by atoms with Gasteiger partial charge in [0.2, 0.25) is 0 Å². The van der Waals surface area contributed by atoms with Gasteiger partial charge in [0.15, 0.2) is 11.2 Å². The molecule has 17 rings (SSSR count). The average molecular weight is 998 g/mol. The summed E-state index contributed by atoms with van der Waals surface area (Å²) >= 11 is 0. The van der Waals surface area contributed by atoms with Gasteiger partial charge in [0, 0.05) is 82.5 Å². The van der Waals surface area contributed by atoms with Crippen molar-refractivity contribution in [3.05, 3.63) is 261 Å². The first-order chi connectivity index (χ1) is 38.7. The van der Waals surface area contributed by atoms with Crippen LogP contribution in [0.1, 0.15) is 0 Å². The highest BCUT2D eigenvalue weighted by atomic mass is 16.3. The number of benzene rings is 12. The summed E-state index contributed by atoms with van der Waals surface area (Å²) in [6.07, 6.45) is 0. The Morgan fingerprint density at radius 2 is 0.769 bits per heavy atom. The summed E-state index contributed by atoms with van der Waals surface area (Å²) < 4.78 is 23.0. The van der Waals surface area contributed by atoms with Gasteiger partial charge in [-0.1, -0.05) is 170 Å².